The van der Waals surface area contributed by atoms with E-state index in [1.165, 1.54) is 5.56 Å². The predicted molar refractivity (Wildman–Crippen MR) is 75.4 cm³/mol. The van der Waals surface area contributed by atoms with Crippen molar-refractivity contribution in [2.24, 2.45) is 5.92 Å². The second-order valence-electron chi connectivity index (χ2n) is 4.49. The van der Waals surface area contributed by atoms with Crippen LogP contribution in [-0.2, 0) is 17.8 Å². The standard InChI is InChI=1S/C13H20N2O3S/c1-3-10-4-5-19-11(10)8-15-13(18)14-7-9(2)6-12(16)17/h4-5,9H,3,6-8H2,1-2H3,(H,16,17)(H2,14,15,18). The molecule has 0 aliphatic heterocycles. The van der Waals surface area contributed by atoms with Crippen LogP contribution in [0.2, 0.25) is 0 Å². The number of hydrogen-bond donors (Lipinski definition) is 3. The molecule has 2 amide bonds. The Balaban J connectivity index is 2.26. The fourth-order valence-electron chi connectivity index (χ4n) is 1.70. The van der Waals surface area contributed by atoms with E-state index in [1.54, 1.807) is 18.3 Å². The molecule has 3 N–H and O–H groups in total. The van der Waals surface area contributed by atoms with Crippen LogP contribution in [0.5, 0.6) is 0 Å². The maximum Gasteiger partial charge on any atom is 0.315 e. The van der Waals surface area contributed by atoms with Crippen molar-refractivity contribution in [2.75, 3.05) is 6.54 Å². The summed E-state index contributed by atoms with van der Waals surface area (Å²) in [5.41, 5.74) is 1.25. The molecule has 0 saturated carbocycles. The van der Waals surface area contributed by atoms with Gasteiger partial charge in [0.1, 0.15) is 0 Å². The Bertz CT molecular complexity index is 431. The number of aryl methyl sites for hydroxylation is 1. The highest BCUT2D eigenvalue weighted by Gasteiger charge is 2.09. The summed E-state index contributed by atoms with van der Waals surface area (Å²) in [5.74, 6) is -0.919. The fourth-order valence-corrected chi connectivity index (χ4v) is 2.61. The van der Waals surface area contributed by atoms with Gasteiger partial charge in [0.15, 0.2) is 0 Å². The van der Waals surface area contributed by atoms with Crippen LogP contribution in [0, 0.1) is 5.92 Å². The van der Waals surface area contributed by atoms with Crippen LogP contribution < -0.4 is 10.6 Å². The summed E-state index contributed by atoms with van der Waals surface area (Å²) >= 11 is 1.63. The van der Waals surface area contributed by atoms with Crippen molar-refractivity contribution in [1.29, 1.82) is 0 Å². The molecule has 19 heavy (non-hydrogen) atoms. The normalized spacial score (nSPS) is 11.9. The molecule has 0 aliphatic rings. The summed E-state index contributed by atoms with van der Waals surface area (Å²) in [5, 5.41) is 16.1. The molecular formula is C13H20N2O3S. The molecule has 106 valence electrons. The van der Waals surface area contributed by atoms with Gasteiger partial charge in [-0.3, -0.25) is 4.79 Å². The Morgan fingerprint density at radius 1 is 1.42 bits per heavy atom. The number of carbonyl (C=O) groups excluding carboxylic acids is 1. The quantitative estimate of drug-likeness (QED) is 0.718. The summed E-state index contributed by atoms with van der Waals surface area (Å²) in [7, 11) is 0. The molecule has 0 fully saturated rings. The molecule has 1 aromatic heterocycles. The van der Waals surface area contributed by atoms with Crippen LogP contribution in [0.1, 0.15) is 30.7 Å². The highest BCUT2D eigenvalue weighted by molar-refractivity contribution is 7.10. The van der Waals surface area contributed by atoms with Gasteiger partial charge in [-0.05, 0) is 29.3 Å². The summed E-state index contributed by atoms with van der Waals surface area (Å²) in [6.45, 7) is 4.76. The van der Waals surface area contributed by atoms with Crippen molar-refractivity contribution >= 4 is 23.3 Å². The zero-order valence-electron chi connectivity index (χ0n) is 11.2. The van der Waals surface area contributed by atoms with E-state index in [1.807, 2.05) is 5.38 Å². The molecule has 1 aromatic rings. The average molecular weight is 284 g/mol. The maximum atomic E-state index is 11.6. The topological polar surface area (TPSA) is 78.4 Å². The number of carboxylic acids is 1. The van der Waals surface area contributed by atoms with Crippen LogP contribution in [0.15, 0.2) is 11.4 Å². The van der Waals surface area contributed by atoms with Crippen LogP contribution in [0.3, 0.4) is 0 Å². The molecule has 1 rings (SSSR count). The Labute approximate surface area is 117 Å². The van der Waals surface area contributed by atoms with Crippen LogP contribution in [0.4, 0.5) is 4.79 Å². The molecule has 0 radical (unpaired) electrons. The number of rotatable bonds is 7. The molecule has 6 heteroatoms. The number of nitrogens with one attached hydrogen (secondary N) is 2. The van der Waals surface area contributed by atoms with Crippen molar-refractivity contribution < 1.29 is 14.7 Å². The third-order valence-electron chi connectivity index (χ3n) is 2.76. The Morgan fingerprint density at radius 3 is 2.79 bits per heavy atom. The van der Waals surface area contributed by atoms with Crippen molar-refractivity contribution in [2.45, 2.75) is 33.2 Å². The number of thiophene rings is 1. The number of urea groups is 1. The van der Waals surface area contributed by atoms with E-state index in [4.69, 9.17) is 5.11 Å². The van der Waals surface area contributed by atoms with Gasteiger partial charge in [0.2, 0.25) is 0 Å². The SMILES string of the molecule is CCc1ccsc1CNC(=O)NCC(C)CC(=O)O. The summed E-state index contributed by atoms with van der Waals surface area (Å²) < 4.78 is 0. The summed E-state index contributed by atoms with van der Waals surface area (Å²) in [6.07, 6.45) is 1.02. The number of hydrogen-bond acceptors (Lipinski definition) is 3. The predicted octanol–water partition coefficient (Wildman–Crippen LogP) is 2.22. The Kier molecular flexibility index (Phi) is 6.35. The minimum atomic E-state index is -0.846. The van der Waals surface area contributed by atoms with Crippen molar-refractivity contribution in [1.82, 2.24) is 10.6 Å². The van der Waals surface area contributed by atoms with E-state index < -0.39 is 5.97 Å². The zero-order chi connectivity index (χ0) is 14.3. The van der Waals surface area contributed by atoms with E-state index in [0.717, 1.165) is 11.3 Å². The van der Waals surface area contributed by atoms with E-state index in [2.05, 4.69) is 23.6 Å². The van der Waals surface area contributed by atoms with Crippen LogP contribution in [0.25, 0.3) is 0 Å². The Hall–Kier alpha value is -1.56. The van der Waals surface area contributed by atoms with Crippen molar-refractivity contribution in [3.05, 3.63) is 21.9 Å². The minimum absolute atomic E-state index is 0.0607. The second kappa shape index (κ2) is 7.78. The molecule has 0 bridgehead atoms. The lowest BCUT2D eigenvalue weighted by atomic mass is 10.1. The fraction of sp³-hybridized carbons (Fsp3) is 0.538. The maximum absolute atomic E-state index is 11.6. The lowest BCUT2D eigenvalue weighted by Crippen LogP contribution is -2.37. The molecule has 0 aromatic carbocycles. The highest BCUT2D eigenvalue weighted by atomic mass is 32.1. The van der Waals surface area contributed by atoms with E-state index in [9.17, 15) is 9.59 Å². The first-order valence-electron chi connectivity index (χ1n) is 6.31. The molecule has 1 unspecified atom stereocenters. The molecule has 1 atom stereocenters. The molecule has 0 saturated heterocycles. The van der Waals surface area contributed by atoms with Gasteiger partial charge < -0.3 is 15.7 Å². The second-order valence-corrected chi connectivity index (χ2v) is 5.49. The molecule has 0 aliphatic carbocycles. The van der Waals surface area contributed by atoms with E-state index in [0.29, 0.717) is 13.1 Å². The van der Waals surface area contributed by atoms with Gasteiger partial charge in [0.25, 0.3) is 0 Å². The average Bonchev–Trinajstić information content (AvgIpc) is 2.80. The van der Waals surface area contributed by atoms with Gasteiger partial charge >= 0.3 is 12.0 Å². The first kappa shape index (κ1) is 15.5. The first-order valence-corrected chi connectivity index (χ1v) is 7.19. The van der Waals surface area contributed by atoms with Gasteiger partial charge in [0.05, 0.1) is 6.54 Å². The van der Waals surface area contributed by atoms with Gasteiger partial charge in [-0.2, -0.15) is 0 Å². The van der Waals surface area contributed by atoms with Gasteiger partial charge in [0, 0.05) is 17.8 Å². The van der Waals surface area contributed by atoms with E-state index in [-0.39, 0.29) is 18.4 Å². The van der Waals surface area contributed by atoms with E-state index >= 15 is 0 Å². The number of amides is 2. The lowest BCUT2D eigenvalue weighted by molar-refractivity contribution is -0.137. The van der Waals surface area contributed by atoms with Crippen molar-refractivity contribution in [3.63, 3.8) is 0 Å². The third-order valence-corrected chi connectivity index (χ3v) is 3.73. The third kappa shape index (κ3) is 5.74. The van der Waals surface area contributed by atoms with Gasteiger partial charge in [-0.15, -0.1) is 11.3 Å². The van der Waals surface area contributed by atoms with Gasteiger partial charge in [-0.25, -0.2) is 4.79 Å². The smallest absolute Gasteiger partial charge is 0.315 e. The zero-order valence-corrected chi connectivity index (χ0v) is 12.0. The lowest BCUT2D eigenvalue weighted by Gasteiger charge is -2.11. The van der Waals surface area contributed by atoms with Gasteiger partial charge in [-0.1, -0.05) is 13.8 Å². The molecular weight excluding hydrogens is 264 g/mol. The molecule has 1 heterocycles. The van der Waals surface area contributed by atoms with Crippen LogP contribution >= 0.6 is 11.3 Å². The summed E-state index contributed by atoms with van der Waals surface area (Å²) in [4.78, 5) is 23.2. The van der Waals surface area contributed by atoms with Crippen LogP contribution in [-0.4, -0.2) is 23.7 Å². The highest BCUT2D eigenvalue weighted by Crippen LogP contribution is 2.16. The molecule has 5 nitrogen and oxygen atoms in total. The largest absolute Gasteiger partial charge is 0.481 e. The Morgan fingerprint density at radius 2 is 2.16 bits per heavy atom. The number of carbonyl (C=O) groups is 2. The minimum Gasteiger partial charge on any atom is -0.481 e. The monoisotopic (exact) mass is 284 g/mol. The number of carboxylic acid groups (broad SMARTS) is 1. The number of aliphatic carboxylic acids is 1. The van der Waals surface area contributed by atoms with Crippen molar-refractivity contribution in [3.8, 4) is 0 Å². The summed E-state index contributed by atoms with van der Waals surface area (Å²) in [6, 6.07) is 1.81. The molecule has 0 spiro atoms. The first-order chi connectivity index (χ1) is 9.02.